The van der Waals surface area contributed by atoms with Crippen molar-refractivity contribution < 1.29 is 47.7 Å². The number of ether oxygens (including phenoxy) is 5. The molecule has 6 aliphatic carbocycles. The SMILES string of the molecule is CC.CC(C)(C)C(=O)OCC12CC3CC(C1)CC(c1ccccc1)(C3)C2.CC(C)(C)C(=O)OCC1C2CC3C(=O)OC1C3C2.CC(C)(C)C(=O)OCC1CCOC1=O. The second-order valence-corrected chi connectivity index (χ2v) is 21.4. The van der Waals surface area contributed by atoms with Gasteiger partial charge in [-0.25, -0.2) is 0 Å². The minimum absolute atomic E-state index is 0.00835. The van der Waals surface area contributed by atoms with E-state index in [1.807, 2.05) is 55.4 Å². The first-order valence-electron chi connectivity index (χ1n) is 22.0. The molecule has 1 aromatic rings. The topological polar surface area (TPSA) is 132 Å². The summed E-state index contributed by atoms with van der Waals surface area (Å²) in [5, 5.41) is 0. The Morgan fingerprint density at radius 2 is 1.26 bits per heavy atom. The van der Waals surface area contributed by atoms with E-state index >= 15 is 0 Å². The second-order valence-electron chi connectivity index (χ2n) is 21.4. The third kappa shape index (κ3) is 10.3. The maximum Gasteiger partial charge on any atom is 0.312 e. The van der Waals surface area contributed by atoms with E-state index in [1.54, 1.807) is 20.8 Å². The fourth-order valence-corrected chi connectivity index (χ4v) is 11.0. The van der Waals surface area contributed by atoms with Gasteiger partial charge in [-0.2, -0.15) is 0 Å². The van der Waals surface area contributed by atoms with E-state index < -0.39 is 16.2 Å². The molecular formula is C48H72O10. The molecule has 6 saturated carbocycles. The smallest absolute Gasteiger partial charge is 0.312 e. The van der Waals surface area contributed by atoms with Gasteiger partial charge in [-0.3, -0.25) is 24.0 Å². The van der Waals surface area contributed by atoms with Crippen molar-refractivity contribution in [1.82, 2.24) is 0 Å². The number of hydrogen-bond donors (Lipinski definition) is 0. The monoisotopic (exact) mass is 809 g/mol. The molecule has 0 aromatic heterocycles. The van der Waals surface area contributed by atoms with E-state index in [0.717, 1.165) is 24.7 Å². The van der Waals surface area contributed by atoms with Crippen LogP contribution >= 0.6 is 0 Å². The largest absolute Gasteiger partial charge is 0.465 e. The van der Waals surface area contributed by atoms with Crippen molar-refractivity contribution in [2.24, 2.45) is 63.1 Å². The highest BCUT2D eigenvalue weighted by Gasteiger charge is 2.62. The van der Waals surface area contributed by atoms with Crippen LogP contribution in [0.1, 0.15) is 140 Å². The molecule has 0 amide bonds. The Bertz CT molecular complexity index is 1610. The van der Waals surface area contributed by atoms with Gasteiger partial charge in [0.15, 0.2) is 0 Å². The number of benzene rings is 1. The van der Waals surface area contributed by atoms with Gasteiger partial charge in [0.05, 0.1) is 47.9 Å². The van der Waals surface area contributed by atoms with Crippen LogP contribution in [0.5, 0.6) is 0 Å². The zero-order chi connectivity index (χ0) is 42.8. The van der Waals surface area contributed by atoms with Crippen LogP contribution in [-0.4, -0.2) is 62.4 Å². The lowest BCUT2D eigenvalue weighted by Gasteiger charge is -2.62. The van der Waals surface area contributed by atoms with Gasteiger partial charge in [0.1, 0.15) is 12.7 Å². The van der Waals surface area contributed by atoms with Crippen molar-refractivity contribution in [3.63, 3.8) is 0 Å². The predicted molar refractivity (Wildman–Crippen MR) is 220 cm³/mol. The summed E-state index contributed by atoms with van der Waals surface area (Å²) in [5.41, 5.74) is 0.694. The van der Waals surface area contributed by atoms with E-state index in [9.17, 15) is 24.0 Å². The summed E-state index contributed by atoms with van der Waals surface area (Å²) >= 11 is 0. The van der Waals surface area contributed by atoms with Gasteiger partial charge in [-0.1, -0.05) is 44.2 Å². The van der Waals surface area contributed by atoms with Crippen LogP contribution in [0.25, 0.3) is 0 Å². The third-order valence-corrected chi connectivity index (χ3v) is 13.4. The summed E-state index contributed by atoms with van der Waals surface area (Å²) < 4.78 is 26.4. The number of carbonyl (C=O) groups excluding carboxylic acids is 5. The average Bonchev–Trinajstić information content (AvgIpc) is 3.90. The molecule has 8 fully saturated rings. The van der Waals surface area contributed by atoms with Crippen molar-refractivity contribution in [1.29, 1.82) is 0 Å². The zero-order valence-corrected chi connectivity index (χ0v) is 37.3. The molecule has 8 aliphatic rings. The Labute approximate surface area is 347 Å². The van der Waals surface area contributed by atoms with Crippen molar-refractivity contribution in [3.8, 4) is 0 Å². The molecule has 324 valence electrons. The zero-order valence-electron chi connectivity index (χ0n) is 37.3. The molecule has 58 heavy (non-hydrogen) atoms. The van der Waals surface area contributed by atoms with E-state index in [0.29, 0.717) is 43.5 Å². The Balaban J connectivity index is 0.000000168. The van der Waals surface area contributed by atoms with Crippen LogP contribution in [0.4, 0.5) is 0 Å². The highest BCUT2D eigenvalue weighted by Crippen LogP contribution is 2.66. The second kappa shape index (κ2) is 17.7. The Morgan fingerprint density at radius 1 is 0.707 bits per heavy atom. The van der Waals surface area contributed by atoms with Crippen molar-refractivity contribution in [2.75, 3.05) is 26.4 Å². The summed E-state index contributed by atoms with van der Waals surface area (Å²) in [7, 11) is 0. The van der Waals surface area contributed by atoms with Crippen LogP contribution in [0.3, 0.4) is 0 Å². The van der Waals surface area contributed by atoms with Crippen LogP contribution in [0.2, 0.25) is 0 Å². The van der Waals surface area contributed by atoms with E-state index in [4.69, 9.17) is 23.7 Å². The molecule has 2 aliphatic heterocycles. The summed E-state index contributed by atoms with van der Waals surface area (Å²) in [6.07, 6.45) is 10.4. The average molecular weight is 809 g/mol. The van der Waals surface area contributed by atoms with Gasteiger partial charge in [-0.05, 0) is 149 Å². The molecule has 0 spiro atoms. The van der Waals surface area contributed by atoms with Crippen LogP contribution in [0.15, 0.2) is 30.3 Å². The summed E-state index contributed by atoms with van der Waals surface area (Å²) in [6.45, 7) is 22.3. The highest BCUT2D eigenvalue weighted by atomic mass is 16.6. The first-order valence-corrected chi connectivity index (χ1v) is 22.0. The number of cyclic esters (lactones) is 1. The maximum atomic E-state index is 12.3. The van der Waals surface area contributed by atoms with Crippen molar-refractivity contribution in [2.45, 2.75) is 145 Å². The quantitative estimate of drug-likeness (QED) is 0.194. The van der Waals surface area contributed by atoms with Gasteiger partial charge < -0.3 is 23.7 Å². The molecule has 10 heteroatoms. The van der Waals surface area contributed by atoms with Gasteiger partial charge in [0.2, 0.25) is 0 Å². The lowest BCUT2D eigenvalue weighted by atomic mass is 9.43. The standard InChI is InChI=1S/C22H30O2.C14H20O4.C10H16O4.C2H6/c1-20(2,3)19(23)24-15-21-10-16-9-17(11-21)13-22(12-16,14-21)18-7-5-4-6-8-18;1-14(2,3)13(16)17-6-10-7-4-8-9(5-7)12(15)18-11(8)10;1-10(2,3)9(12)14-6-7-4-5-13-8(7)11;1-2/h4-8,16-17H,9-15H2,1-3H3;7-11H,4-6H2,1-3H3;7H,4-6H2,1-3H3;1-2H3. The van der Waals surface area contributed by atoms with Gasteiger partial charge in [0.25, 0.3) is 0 Å². The molecule has 6 bridgehead atoms. The highest BCUT2D eigenvalue weighted by molar-refractivity contribution is 5.78. The number of carbonyl (C=O) groups is 5. The van der Waals surface area contributed by atoms with Gasteiger partial charge >= 0.3 is 29.8 Å². The van der Waals surface area contributed by atoms with Crippen LogP contribution in [-0.2, 0) is 53.1 Å². The van der Waals surface area contributed by atoms with Gasteiger partial charge in [0, 0.05) is 17.3 Å². The molecule has 9 rings (SSSR count). The third-order valence-electron chi connectivity index (χ3n) is 13.4. The molecule has 8 atom stereocenters. The molecule has 10 nitrogen and oxygen atoms in total. The Hall–Kier alpha value is -3.43. The Kier molecular flexibility index (Phi) is 13.9. The predicted octanol–water partition coefficient (Wildman–Crippen LogP) is 9.05. The fourth-order valence-electron chi connectivity index (χ4n) is 11.0. The normalized spacial score (nSPS) is 33.6. The van der Waals surface area contributed by atoms with Crippen molar-refractivity contribution >= 4 is 29.8 Å². The number of rotatable bonds is 7. The lowest BCUT2D eigenvalue weighted by Crippen LogP contribution is -2.55. The molecule has 8 unspecified atom stereocenters. The molecule has 0 radical (unpaired) electrons. The first-order chi connectivity index (χ1) is 27.1. The fraction of sp³-hybridized carbons (Fsp3) is 0.771. The number of fused-ring (bicyclic) bond motifs is 1. The van der Waals surface area contributed by atoms with E-state index in [2.05, 4.69) is 30.3 Å². The van der Waals surface area contributed by atoms with Crippen molar-refractivity contribution in [3.05, 3.63) is 35.9 Å². The summed E-state index contributed by atoms with van der Waals surface area (Å²) in [4.78, 5) is 58.0. The van der Waals surface area contributed by atoms with Crippen LogP contribution < -0.4 is 0 Å². The van der Waals surface area contributed by atoms with Crippen LogP contribution in [0, 0.1) is 63.1 Å². The minimum atomic E-state index is -0.511. The van der Waals surface area contributed by atoms with E-state index in [-0.39, 0.29) is 65.7 Å². The van der Waals surface area contributed by atoms with Gasteiger partial charge in [-0.15, -0.1) is 0 Å². The molecule has 2 heterocycles. The minimum Gasteiger partial charge on any atom is -0.465 e. The number of hydrogen-bond acceptors (Lipinski definition) is 10. The number of esters is 5. The molecule has 0 N–H and O–H groups in total. The lowest BCUT2D eigenvalue weighted by molar-refractivity contribution is -0.166. The molecular weight excluding hydrogens is 737 g/mol. The first kappa shape index (κ1) is 45.7. The maximum absolute atomic E-state index is 12.3. The molecule has 2 saturated heterocycles. The summed E-state index contributed by atoms with van der Waals surface area (Å²) in [6, 6.07) is 11.1. The Morgan fingerprint density at radius 3 is 1.79 bits per heavy atom. The summed E-state index contributed by atoms with van der Waals surface area (Å²) in [5.74, 6) is 1.84. The van der Waals surface area contributed by atoms with E-state index in [1.165, 1.54) is 44.1 Å². The molecule has 1 aromatic carbocycles.